The fourth-order valence-electron chi connectivity index (χ4n) is 2.12. The molecule has 2 heterocycles. The molecule has 17 heavy (non-hydrogen) atoms. The first-order valence-electron chi connectivity index (χ1n) is 6.12. The number of hydrogen-bond donors (Lipinski definition) is 1. The van der Waals surface area contributed by atoms with Gasteiger partial charge < -0.3 is 14.6 Å². The molecule has 0 radical (unpaired) electrons. The van der Waals surface area contributed by atoms with Crippen LogP contribution in [-0.2, 0) is 4.74 Å². The molecule has 4 heteroatoms. The molecule has 0 bridgehead atoms. The Kier molecular flexibility index (Phi) is 3.97. The van der Waals surface area contributed by atoms with Crippen LogP contribution in [-0.4, -0.2) is 28.9 Å². The number of pyridine rings is 1. The number of aliphatic hydroxyl groups is 1. The lowest BCUT2D eigenvalue weighted by Crippen LogP contribution is -2.18. The van der Waals surface area contributed by atoms with E-state index in [9.17, 15) is 5.11 Å². The van der Waals surface area contributed by atoms with Gasteiger partial charge in [-0.2, -0.15) is 0 Å². The summed E-state index contributed by atoms with van der Waals surface area (Å²) < 4.78 is 11.0. The van der Waals surface area contributed by atoms with Crippen LogP contribution < -0.4 is 4.74 Å². The number of nitrogens with zero attached hydrogens (tertiary/aromatic N) is 1. The Morgan fingerprint density at radius 3 is 3.00 bits per heavy atom. The first-order chi connectivity index (χ1) is 8.20. The second kappa shape index (κ2) is 5.47. The predicted molar refractivity (Wildman–Crippen MR) is 63.9 cm³/mol. The Balaban J connectivity index is 2.07. The van der Waals surface area contributed by atoms with Gasteiger partial charge in [0.05, 0.1) is 25.0 Å². The zero-order valence-corrected chi connectivity index (χ0v) is 10.3. The maximum Gasteiger partial charge on any atom is 0.137 e. The van der Waals surface area contributed by atoms with Crippen molar-refractivity contribution in [2.45, 2.75) is 45.0 Å². The van der Waals surface area contributed by atoms with E-state index in [2.05, 4.69) is 4.98 Å². The summed E-state index contributed by atoms with van der Waals surface area (Å²) in [5.41, 5.74) is 0.759. The van der Waals surface area contributed by atoms with Gasteiger partial charge in [-0.3, -0.25) is 4.98 Å². The van der Waals surface area contributed by atoms with Crippen molar-refractivity contribution in [3.63, 3.8) is 0 Å². The highest BCUT2D eigenvalue weighted by molar-refractivity contribution is 5.25. The molecule has 3 atom stereocenters. The lowest BCUT2D eigenvalue weighted by molar-refractivity contribution is -0.0299. The molecular formula is C13H19NO3. The first kappa shape index (κ1) is 12.3. The van der Waals surface area contributed by atoms with Crippen LogP contribution in [0.25, 0.3) is 0 Å². The molecule has 2 rings (SSSR count). The summed E-state index contributed by atoms with van der Waals surface area (Å²) in [4.78, 5) is 4.07. The summed E-state index contributed by atoms with van der Waals surface area (Å²) in [5, 5.41) is 10.2. The molecule has 1 N–H and O–H groups in total. The summed E-state index contributed by atoms with van der Waals surface area (Å²) >= 11 is 0. The van der Waals surface area contributed by atoms with Crippen LogP contribution in [0.1, 0.15) is 38.4 Å². The fourth-order valence-corrected chi connectivity index (χ4v) is 2.12. The Labute approximate surface area is 102 Å². The fraction of sp³-hybridized carbons (Fsp3) is 0.615. The van der Waals surface area contributed by atoms with Crippen LogP contribution in [0.5, 0.6) is 5.75 Å². The van der Waals surface area contributed by atoms with E-state index in [1.807, 2.05) is 19.9 Å². The number of aliphatic hydroxyl groups excluding tert-OH is 1. The van der Waals surface area contributed by atoms with Gasteiger partial charge in [-0.1, -0.05) is 0 Å². The third kappa shape index (κ3) is 2.96. The summed E-state index contributed by atoms with van der Waals surface area (Å²) in [6, 6.07) is 1.83. The van der Waals surface area contributed by atoms with Crippen LogP contribution >= 0.6 is 0 Å². The van der Waals surface area contributed by atoms with Gasteiger partial charge in [-0.25, -0.2) is 0 Å². The van der Waals surface area contributed by atoms with Gasteiger partial charge in [-0.15, -0.1) is 0 Å². The predicted octanol–water partition coefficient (Wildman–Crippen LogP) is 2.08. The Morgan fingerprint density at radius 1 is 1.53 bits per heavy atom. The topological polar surface area (TPSA) is 51.6 Å². The third-order valence-corrected chi connectivity index (χ3v) is 3.00. The first-order valence-corrected chi connectivity index (χ1v) is 6.12. The number of rotatable bonds is 4. The average molecular weight is 237 g/mol. The Bertz CT molecular complexity index is 369. The number of ether oxygens (including phenoxy) is 2. The van der Waals surface area contributed by atoms with E-state index in [1.54, 1.807) is 12.4 Å². The lowest BCUT2D eigenvalue weighted by atomic mass is 10.0. The second-order valence-corrected chi connectivity index (χ2v) is 4.39. The van der Waals surface area contributed by atoms with Crippen LogP contribution in [0.4, 0.5) is 0 Å². The van der Waals surface area contributed by atoms with Crippen molar-refractivity contribution < 1.29 is 14.6 Å². The standard InChI is InChI=1S/C13H19NO3/c1-3-16-11-6-10(7-14-8-11)13(15)12-5-4-9(2)17-12/h6-9,12-13,15H,3-5H2,1-2H3. The van der Waals surface area contributed by atoms with E-state index in [0.717, 1.165) is 18.4 Å². The van der Waals surface area contributed by atoms with Crippen LogP contribution in [0, 0.1) is 0 Å². The molecule has 1 aromatic heterocycles. The van der Waals surface area contributed by atoms with Crippen molar-refractivity contribution in [1.29, 1.82) is 0 Å². The highest BCUT2D eigenvalue weighted by Crippen LogP contribution is 2.30. The minimum Gasteiger partial charge on any atom is -0.492 e. The zero-order chi connectivity index (χ0) is 12.3. The molecule has 0 aliphatic carbocycles. The van der Waals surface area contributed by atoms with Crippen molar-refractivity contribution in [3.8, 4) is 5.75 Å². The van der Waals surface area contributed by atoms with E-state index < -0.39 is 6.10 Å². The van der Waals surface area contributed by atoms with Gasteiger partial charge in [0.25, 0.3) is 0 Å². The molecule has 0 spiro atoms. The second-order valence-electron chi connectivity index (χ2n) is 4.39. The zero-order valence-electron chi connectivity index (χ0n) is 10.3. The van der Waals surface area contributed by atoms with Gasteiger partial charge in [0, 0.05) is 11.8 Å². The van der Waals surface area contributed by atoms with E-state index >= 15 is 0 Å². The quantitative estimate of drug-likeness (QED) is 0.871. The molecule has 0 saturated carbocycles. The number of hydrogen-bond acceptors (Lipinski definition) is 4. The maximum absolute atomic E-state index is 10.2. The van der Waals surface area contributed by atoms with Crippen LogP contribution in [0.2, 0.25) is 0 Å². The number of aromatic nitrogens is 1. The minimum absolute atomic E-state index is 0.122. The maximum atomic E-state index is 10.2. The van der Waals surface area contributed by atoms with Crippen LogP contribution in [0.3, 0.4) is 0 Å². The Hall–Kier alpha value is -1.13. The largest absolute Gasteiger partial charge is 0.492 e. The molecule has 1 fully saturated rings. The molecule has 1 saturated heterocycles. The van der Waals surface area contributed by atoms with Gasteiger partial charge in [-0.05, 0) is 32.8 Å². The summed E-state index contributed by atoms with van der Waals surface area (Å²) in [6.45, 7) is 4.55. The lowest BCUT2D eigenvalue weighted by Gasteiger charge is -2.18. The van der Waals surface area contributed by atoms with Gasteiger partial charge in [0.15, 0.2) is 0 Å². The van der Waals surface area contributed by atoms with Crippen molar-refractivity contribution in [3.05, 3.63) is 24.0 Å². The molecule has 94 valence electrons. The SMILES string of the molecule is CCOc1cncc(C(O)C2CCC(C)O2)c1. The molecule has 1 aliphatic heterocycles. The van der Waals surface area contributed by atoms with E-state index in [-0.39, 0.29) is 12.2 Å². The van der Waals surface area contributed by atoms with Crippen molar-refractivity contribution in [2.75, 3.05) is 6.61 Å². The average Bonchev–Trinajstić information content (AvgIpc) is 2.76. The van der Waals surface area contributed by atoms with E-state index in [0.29, 0.717) is 12.4 Å². The molecule has 1 aromatic rings. The molecule has 1 aliphatic rings. The molecule has 0 amide bonds. The van der Waals surface area contributed by atoms with Gasteiger partial charge in [0.1, 0.15) is 11.9 Å². The molecule has 3 unspecified atom stereocenters. The monoisotopic (exact) mass is 237 g/mol. The summed E-state index contributed by atoms with van der Waals surface area (Å²) in [7, 11) is 0. The van der Waals surface area contributed by atoms with Crippen molar-refractivity contribution in [1.82, 2.24) is 4.98 Å². The van der Waals surface area contributed by atoms with Gasteiger partial charge >= 0.3 is 0 Å². The highest BCUT2D eigenvalue weighted by atomic mass is 16.5. The van der Waals surface area contributed by atoms with Crippen LogP contribution in [0.15, 0.2) is 18.5 Å². The van der Waals surface area contributed by atoms with E-state index in [4.69, 9.17) is 9.47 Å². The van der Waals surface area contributed by atoms with Crippen molar-refractivity contribution in [2.24, 2.45) is 0 Å². The minimum atomic E-state index is -0.618. The molecular weight excluding hydrogens is 218 g/mol. The van der Waals surface area contributed by atoms with E-state index in [1.165, 1.54) is 0 Å². The Morgan fingerprint density at radius 2 is 2.35 bits per heavy atom. The summed E-state index contributed by atoms with van der Waals surface area (Å²) in [5.74, 6) is 0.690. The van der Waals surface area contributed by atoms with Crippen molar-refractivity contribution >= 4 is 0 Å². The smallest absolute Gasteiger partial charge is 0.137 e. The van der Waals surface area contributed by atoms with Gasteiger partial charge in [0.2, 0.25) is 0 Å². The highest BCUT2D eigenvalue weighted by Gasteiger charge is 2.29. The normalized spacial score (nSPS) is 25.8. The summed E-state index contributed by atoms with van der Waals surface area (Å²) in [6.07, 6.45) is 4.70. The molecule has 0 aromatic carbocycles. The third-order valence-electron chi connectivity index (χ3n) is 3.00. The molecule has 4 nitrogen and oxygen atoms in total.